The first-order valence-electron chi connectivity index (χ1n) is 7.41. The summed E-state index contributed by atoms with van der Waals surface area (Å²) in [6.07, 6.45) is 2.17. The normalized spacial score (nSPS) is 10.6. The van der Waals surface area contributed by atoms with Crippen molar-refractivity contribution in [2.75, 3.05) is 6.61 Å². The van der Waals surface area contributed by atoms with E-state index in [1.54, 1.807) is 6.07 Å². The molecule has 0 fully saturated rings. The second-order valence-corrected chi connectivity index (χ2v) is 6.80. The van der Waals surface area contributed by atoms with Crippen LogP contribution in [0.15, 0.2) is 42.5 Å². The second-order valence-electron chi connectivity index (χ2n) is 5.11. The number of hydrogen-bond acceptors (Lipinski definition) is 2. The molecule has 0 N–H and O–H groups in total. The Kier molecular flexibility index (Phi) is 8.96. The van der Waals surface area contributed by atoms with Crippen molar-refractivity contribution in [3.63, 3.8) is 0 Å². The number of hydrogen-bond donors (Lipinski definition) is 0. The maximum absolute atomic E-state index is 12.4. The van der Waals surface area contributed by atoms with E-state index in [0.717, 1.165) is 36.1 Å². The molecule has 0 aliphatic rings. The first-order chi connectivity index (χ1) is 10.6. The summed E-state index contributed by atoms with van der Waals surface area (Å²) < 4.78 is 5.63. The maximum atomic E-state index is 12.4. The SMILES string of the molecule is CCCCOc1ccc(PC(=O)c2c(C)cccc2Cl)cc1.[H-].[Li+]. The molecule has 0 saturated carbocycles. The van der Waals surface area contributed by atoms with Gasteiger partial charge in [0.05, 0.1) is 11.6 Å². The van der Waals surface area contributed by atoms with Gasteiger partial charge in [-0.1, -0.05) is 49.2 Å². The van der Waals surface area contributed by atoms with Crippen molar-refractivity contribution >= 4 is 31.0 Å². The van der Waals surface area contributed by atoms with Gasteiger partial charge in [0.25, 0.3) is 0 Å². The van der Waals surface area contributed by atoms with Crippen molar-refractivity contribution in [2.45, 2.75) is 26.7 Å². The van der Waals surface area contributed by atoms with Crippen LogP contribution in [0.4, 0.5) is 0 Å². The van der Waals surface area contributed by atoms with E-state index in [9.17, 15) is 4.79 Å². The molecule has 0 aliphatic heterocycles. The third-order valence-corrected chi connectivity index (χ3v) is 4.74. The molecule has 0 bridgehead atoms. The smallest absolute Gasteiger partial charge is 1.00 e. The zero-order valence-corrected chi connectivity index (χ0v) is 15.6. The summed E-state index contributed by atoms with van der Waals surface area (Å²) in [4.78, 5) is 12.4. The summed E-state index contributed by atoms with van der Waals surface area (Å²) in [6.45, 7) is 4.78. The summed E-state index contributed by atoms with van der Waals surface area (Å²) in [7, 11) is 0.0683. The minimum atomic E-state index is 0. The van der Waals surface area contributed by atoms with E-state index in [0.29, 0.717) is 10.6 Å². The number of unbranched alkanes of at least 4 members (excludes halogenated alkanes) is 1. The average molecular weight is 343 g/mol. The molecule has 1 atom stereocenters. The molecule has 0 aliphatic carbocycles. The Morgan fingerprint density at radius 1 is 1.22 bits per heavy atom. The minimum Gasteiger partial charge on any atom is -1.00 e. The topological polar surface area (TPSA) is 26.3 Å². The zero-order chi connectivity index (χ0) is 15.9. The first kappa shape index (κ1) is 20.3. The summed E-state index contributed by atoms with van der Waals surface area (Å²) in [5.41, 5.74) is 1.62. The van der Waals surface area contributed by atoms with Gasteiger partial charge < -0.3 is 6.16 Å². The fraction of sp³-hybridized carbons (Fsp3) is 0.278. The Labute approximate surface area is 158 Å². The van der Waals surface area contributed by atoms with Gasteiger partial charge in [0, 0.05) is 5.56 Å². The molecular formula is C18H21ClLiO2P. The van der Waals surface area contributed by atoms with Crippen LogP contribution >= 0.6 is 20.2 Å². The van der Waals surface area contributed by atoms with E-state index in [1.165, 1.54) is 0 Å². The summed E-state index contributed by atoms with van der Waals surface area (Å²) in [6, 6.07) is 13.3. The number of rotatable bonds is 7. The molecule has 5 heteroatoms. The van der Waals surface area contributed by atoms with Crippen molar-refractivity contribution in [1.82, 2.24) is 0 Å². The Balaban J connectivity index is 0.00000264. The van der Waals surface area contributed by atoms with Crippen LogP contribution in [0.5, 0.6) is 5.75 Å². The van der Waals surface area contributed by atoms with Crippen LogP contribution in [0.3, 0.4) is 0 Å². The number of carbonyl (C=O) groups is 1. The zero-order valence-electron chi connectivity index (χ0n) is 14.9. The molecule has 118 valence electrons. The van der Waals surface area contributed by atoms with E-state index in [4.69, 9.17) is 16.3 Å². The molecule has 2 nitrogen and oxygen atoms in total. The molecular weight excluding hydrogens is 322 g/mol. The molecule has 0 aromatic heterocycles. The van der Waals surface area contributed by atoms with Gasteiger partial charge in [0.1, 0.15) is 5.75 Å². The quantitative estimate of drug-likeness (QED) is 0.437. The van der Waals surface area contributed by atoms with Crippen LogP contribution in [0.25, 0.3) is 0 Å². The number of carbonyl (C=O) groups excluding carboxylic acids is 1. The van der Waals surface area contributed by atoms with E-state index < -0.39 is 0 Å². The summed E-state index contributed by atoms with van der Waals surface area (Å²) in [5.74, 6) is 0.850. The predicted molar refractivity (Wildman–Crippen MR) is 96.4 cm³/mol. The van der Waals surface area contributed by atoms with E-state index >= 15 is 0 Å². The maximum Gasteiger partial charge on any atom is 1.00 e. The molecule has 0 radical (unpaired) electrons. The number of aryl methyl sites for hydroxylation is 1. The Morgan fingerprint density at radius 3 is 2.52 bits per heavy atom. The van der Waals surface area contributed by atoms with Crippen molar-refractivity contribution in [2.24, 2.45) is 0 Å². The number of halogens is 1. The molecule has 0 spiro atoms. The van der Waals surface area contributed by atoms with Crippen LogP contribution in [0.1, 0.15) is 37.1 Å². The summed E-state index contributed by atoms with van der Waals surface area (Å²) in [5, 5.41) is 1.52. The van der Waals surface area contributed by atoms with Gasteiger partial charge in [0.15, 0.2) is 5.52 Å². The molecule has 2 aromatic rings. The fourth-order valence-corrected chi connectivity index (χ4v) is 3.52. The largest absolute Gasteiger partial charge is 1.00 e. The predicted octanol–water partition coefficient (Wildman–Crippen LogP) is 2.09. The van der Waals surface area contributed by atoms with Crippen LogP contribution in [0.2, 0.25) is 5.02 Å². The van der Waals surface area contributed by atoms with Crippen molar-refractivity contribution < 1.29 is 29.8 Å². The number of ether oxygens (including phenoxy) is 1. The molecule has 2 aromatic carbocycles. The fourth-order valence-electron chi connectivity index (χ4n) is 2.08. The van der Waals surface area contributed by atoms with Gasteiger partial charge in [-0.2, -0.15) is 0 Å². The van der Waals surface area contributed by atoms with Gasteiger partial charge in [-0.3, -0.25) is 4.79 Å². The molecule has 23 heavy (non-hydrogen) atoms. The van der Waals surface area contributed by atoms with E-state index in [1.807, 2.05) is 43.3 Å². The molecule has 0 heterocycles. The van der Waals surface area contributed by atoms with Gasteiger partial charge in [-0.15, -0.1) is 0 Å². The molecule has 1 unspecified atom stereocenters. The van der Waals surface area contributed by atoms with Crippen LogP contribution in [-0.2, 0) is 0 Å². The second kappa shape index (κ2) is 10.2. The third kappa shape index (κ3) is 5.98. The van der Waals surface area contributed by atoms with Gasteiger partial charge in [-0.25, -0.2) is 0 Å². The Bertz CT molecular complexity index is 630. The van der Waals surface area contributed by atoms with Gasteiger partial charge in [-0.05, 0) is 51.0 Å². The number of benzene rings is 2. The minimum absolute atomic E-state index is 0. The monoisotopic (exact) mass is 342 g/mol. The molecule has 2 rings (SSSR count). The Morgan fingerprint density at radius 2 is 1.91 bits per heavy atom. The van der Waals surface area contributed by atoms with Crippen LogP contribution in [0, 0.1) is 6.92 Å². The molecule has 0 amide bonds. The average Bonchev–Trinajstić information content (AvgIpc) is 2.49. The molecule has 0 saturated heterocycles. The van der Waals surface area contributed by atoms with Crippen LogP contribution < -0.4 is 28.9 Å². The van der Waals surface area contributed by atoms with Crippen molar-refractivity contribution in [3.8, 4) is 5.75 Å². The van der Waals surface area contributed by atoms with Crippen molar-refractivity contribution in [1.29, 1.82) is 0 Å². The standard InChI is InChI=1S/C18H20ClO2P.Li.H/c1-3-4-12-21-14-8-10-15(11-9-14)22-18(20)17-13(2)6-5-7-16(17)19;;/h5-11,22H,3-4,12H2,1-2H3;;/q;+1;-1. The summed E-state index contributed by atoms with van der Waals surface area (Å²) >= 11 is 6.15. The first-order valence-corrected chi connectivity index (χ1v) is 8.79. The Hall–Kier alpha value is -0.773. The van der Waals surface area contributed by atoms with E-state index in [2.05, 4.69) is 6.92 Å². The van der Waals surface area contributed by atoms with Gasteiger partial charge in [0.2, 0.25) is 0 Å². The van der Waals surface area contributed by atoms with Crippen molar-refractivity contribution in [3.05, 3.63) is 58.6 Å². The third-order valence-electron chi connectivity index (χ3n) is 3.33. The van der Waals surface area contributed by atoms with Crippen LogP contribution in [-0.4, -0.2) is 12.1 Å². The van der Waals surface area contributed by atoms with Gasteiger partial charge >= 0.3 is 18.9 Å². The van der Waals surface area contributed by atoms with E-state index in [-0.39, 0.29) is 34.4 Å².